The van der Waals surface area contributed by atoms with Crippen molar-refractivity contribution < 1.29 is 14.3 Å². The minimum atomic E-state index is -0.567. The van der Waals surface area contributed by atoms with Crippen molar-refractivity contribution in [3.63, 3.8) is 0 Å². The van der Waals surface area contributed by atoms with Gasteiger partial charge in [-0.15, -0.1) is 0 Å². The Hall–Kier alpha value is -1.07. The van der Waals surface area contributed by atoms with Gasteiger partial charge in [-0.05, 0) is 46.5 Å². The molecule has 1 atom stereocenters. The van der Waals surface area contributed by atoms with Gasteiger partial charge in [0.1, 0.15) is 5.75 Å². The van der Waals surface area contributed by atoms with Crippen LogP contribution in [0.3, 0.4) is 0 Å². The first-order valence-electron chi connectivity index (χ1n) is 6.22. The molecule has 1 aliphatic carbocycles. The van der Waals surface area contributed by atoms with Crippen molar-refractivity contribution in [2.75, 3.05) is 14.2 Å². The quantitative estimate of drug-likeness (QED) is 0.864. The van der Waals surface area contributed by atoms with Crippen LogP contribution in [0, 0.1) is 5.41 Å². The van der Waals surface area contributed by atoms with E-state index in [1.54, 1.807) is 7.11 Å². The van der Waals surface area contributed by atoms with Crippen molar-refractivity contribution >= 4 is 21.9 Å². The first kappa shape index (κ1) is 14.3. The molecule has 0 heterocycles. The summed E-state index contributed by atoms with van der Waals surface area (Å²) < 4.78 is 11.0. The number of hydrogen-bond acceptors (Lipinski definition) is 4. The molecule has 0 aromatic heterocycles. The standard InChI is InChI=1S/C14H18BrNO3/c1-18-11-5-4-9(8-10(11)15)12(16)14(6-3-7-14)13(17)19-2/h4-5,8,12H,3,6-7,16H2,1-2H3. The maximum absolute atomic E-state index is 12.0. The first-order chi connectivity index (χ1) is 9.05. The molecule has 0 bridgehead atoms. The maximum Gasteiger partial charge on any atom is 0.313 e. The molecule has 2 rings (SSSR count). The molecule has 0 amide bonds. The Morgan fingerprint density at radius 3 is 2.53 bits per heavy atom. The van der Waals surface area contributed by atoms with Crippen molar-refractivity contribution in [3.8, 4) is 5.75 Å². The normalized spacial score (nSPS) is 18.3. The van der Waals surface area contributed by atoms with Gasteiger partial charge in [-0.2, -0.15) is 0 Å². The number of carbonyl (C=O) groups is 1. The summed E-state index contributed by atoms with van der Waals surface area (Å²) in [4.78, 5) is 12.0. The number of rotatable bonds is 4. The highest BCUT2D eigenvalue weighted by Gasteiger charge is 2.50. The minimum Gasteiger partial charge on any atom is -0.496 e. The molecule has 19 heavy (non-hydrogen) atoms. The molecule has 1 fully saturated rings. The Labute approximate surface area is 121 Å². The third-order valence-electron chi connectivity index (χ3n) is 3.97. The molecule has 1 aromatic rings. The van der Waals surface area contributed by atoms with Gasteiger partial charge in [0, 0.05) is 6.04 Å². The second-order valence-corrected chi connectivity index (χ2v) is 5.73. The predicted molar refractivity (Wildman–Crippen MR) is 75.9 cm³/mol. The van der Waals surface area contributed by atoms with E-state index in [0.29, 0.717) is 0 Å². The van der Waals surface area contributed by atoms with E-state index in [9.17, 15) is 4.79 Å². The molecule has 1 aromatic carbocycles. The molecule has 0 aliphatic heterocycles. The number of halogens is 1. The Balaban J connectivity index is 2.30. The van der Waals surface area contributed by atoms with E-state index in [1.165, 1.54) is 7.11 Å². The fraction of sp³-hybridized carbons (Fsp3) is 0.500. The number of hydrogen-bond donors (Lipinski definition) is 1. The zero-order valence-electron chi connectivity index (χ0n) is 11.1. The highest BCUT2D eigenvalue weighted by atomic mass is 79.9. The van der Waals surface area contributed by atoms with Gasteiger partial charge in [0.15, 0.2) is 0 Å². The van der Waals surface area contributed by atoms with Crippen LogP contribution < -0.4 is 10.5 Å². The van der Waals surface area contributed by atoms with E-state index in [0.717, 1.165) is 35.0 Å². The number of benzene rings is 1. The third-order valence-corrected chi connectivity index (χ3v) is 4.59. The van der Waals surface area contributed by atoms with Crippen molar-refractivity contribution in [1.29, 1.82) is 0 Å². The van der Waals surface area contributed by atoms with Gasteiger partial charge < -0.3 is 15.2 Å². The predicted octanol–water partition coefficient (Wildman–Crippen LogP) is 2.80. The van der Waals surface area contributed by atoms with Crippen LogP contribution in [0.1, 0.15) is 30.9 Å². The Morgan fingerprint density at radius 1 is 1.42 bits per heavy atom. The minimum absolute atomic E-state index is 0.210. The van der Waals surface area contributed by atoms with Crippen molar-refractivity contribution in [2.24, 2.45) is 11.1 Å². The van der Waals surface area contributed by atoms with Crippen LogP contribution in [-0.4, -0.2) is 20.2 Å². The molecule has 0 radical (unpaired) electrons. The van der Waals surface area contributed by atoms with E-state index in [-0.39, 0.29) is 12.0 Å². The number of esters is 1. The molecule has 0 spiro atoms. The number of methoxy groups -OCH3 is 2. The smallest absolute Gasteiger partial charge is 0.313 e. The topological polar surface area (TPSA) is 61.5 Å². The largest absolute Gasteiger partial charge is 0.496 e. The van der Waals surface area contributed by atoms with E-state index in [1.807, 2.05) is 18.2 Å². The van der Waals surface area contributed by atoms with Gasteiger partial charge >= 0.3 is 5.97 Å². The fourth-order valence-corrected chi connectivity index (χ4v) is 3.16. The molecule has 2 N–H and O–H groups in total. The second-order valence-electron chi connectivity index (χ2n) is 4.87. The summed E-state index contributed by atoms with van der Waals surface area (Å²) in [6.07, 6.45) is 2.58. The molecule has 104 valence electrons. The van der Waals surface area contributed by atoms with E-state index in [2.05, 4.69) is 15.9 Å². The average molecular weight is 328 g/mol. The molecule has 1 unspecified atom stereocenters. The molecule has 0 saturated heterocycles. The van der Waals surface area contributed by atoms with Crippen LogP contribution in [0.4, 0.5) is 0 Å². The Bertz CT molecular complexity index is 486. The van der Waals surface area contributed by atoms with Crippen molar-refractivity contribution in [1.82, 2.24) is 0 Å². The zero-order valence-corrected chi connectivity index (χ0v) is 12.7. The SMILES string of the molecule is COC(=O)C1(C(N)c2ccc(OC)c(Br)c2)CCC1. The van der Waals surface area contributed by atoms with Crippen molar-refractivity contribution in [2.45, 2.75) is 25.3 Å². The molecular weight excluding hydrogens is 310 g/mol. The van der Waals surface area contributed by atoms with Gasteiger partial charge in [0.2, 0.25) is 0 Å². The lowest BCUT2D eigenvalue weighted by atomic mass is 9.62. The monoisotopic (exact) mass is 327 g/mol. The average Bonchev–Trinajstić information content (AvgIpc) is 2.36. The number of ether oxygens (including phenoxy) is 2. The Morgan fingerprint density at radius 2 is 2.11 bits per heavy atom. The summed E-state index contributed by atoms with van der Waals surface area (Å²) in [7, 11) is 3.03. The number of nitrogens with two attached hydrogens (primary N) is 1. The first-order valence-corrected chi connectivity index (χ1v) is 7.02. The summed E-state index contributed by atoms with van der Waals surface area (Å²) in [5, 5.41) is 0. The summed E-state index contributed by atoms with van der Waals surface area (Å²) in [6.45, 7) is 0. The number of carbonyl (C=O) groups excluding carboxylic acids is 1. The van der Waals surface area contributed by atoms with Gasteiger partial charge in [-0.3, -0.25) is 4.79 Å². The lowest BCUT2D eigenvalue weighted by molar-refractivity contribution is -0.160. The molecule has 1 saturated carbocycles. The lowest BCUT2D eigenvalue weighted by Crippen LogP contribution is -2.47. The molecule has 4 nitrogen and oxygen atoms in total. The van der Waals surface area contributed by atoms with Crippen molar-refractivity contribution in [3.05, 3.63) is 28.2 Å². The van der Waals surface area contributed by atoms with E-state index >= 15 is 0 Å². The summed E-state index contributed by atoms with van der Waals surface area (Å²) in [5.41, 5.74) is 6.66. The van der Waals surface area contributed by atoms with Gasteiger partial charge in [0.05, 0.1) is 24.1 Å². The summed E-state index contributed by atoms with van der Waals surface area (Å²) in [5.74, 6) is 0.537. The van der Waals surface area contributed by atoms with Gasteiger partial charge in [-0.25, -0.2) is 0 Å². The highest BCUT2D eigenvalue weighted by Crippen LogP contribution is 2.50. The lowest BCUT2D eigenvalue weighted by Gasteiger charge is -2.43. The van der Waals surface area contributed by atoms with Crippen LogP contribution in [0.2, 0.25) is 0 Å². The molecule has 1 aliphatic rings. The summed E-state index contributed by atoms with van der Waals surface area (Å²) in [6, 6.07) is 5.31. The zero-order chi connectivity index (χ0) is 14.0. The van der Waals surface area contributed by atoms with E-state index < -0.39 is 5.41 Å². The van der Waals surface area contributed by atoms with Crippen LogP contribution in [0.25, 0.3) is 0 Å². The van der Waals surface area contributed by atoms with Crippen LogP contribution >= 0.6 is 15.9 Å². The molecular formula is C14H18BrNO3. The van der Waals surface area contributed by atoms with Gasteiger partial charge in [0.25, 0.3) is 0 Å². The van der Waals surface area contributed by atoms with Crippen LogP contribution in [0.15, 0.2) is 22.7 Å². The van der Waals surface area contributed by atoms with Crippen LogP contribution in [0.5, 0.6) is 5.75 Å². The second kappa shape index (κ2) is 5.51. The van der Waals surface area contributed by atoms with Gasteiger partial charge in [-0.1, -0.05) is 12.5 Å². The third kappa shape index (κ3) is 2.37. The molecule has 5 heteroatoms. The van der Waals surface area contributed by atoms with E-state index in [4.69, 9.17) is 15.2 Å². The Kier molecular flexibility index (Phi) is 4.16. The summed E-state index contributed by atoms with van der Waals surface area (Å²) >= 11 is 3.44. The highest BCUT2D eigenvalue weighted by molar-refractivity contribution is 9.10. The fourth-order valence-electron chi connectivity index (χ4n) is 2.60. The van der Waals surface area contributed by atoms with Crippen LogP contribution in [-0.2, 0) is 9.53 Å². The maximum atomic E-state index is 12.0.